The van der Waals surface area contributed by atoms with Crippen LogP contribution in [0.5, 0.6) is 0 Å². The van der Waals surface area contributed by atoms with Gasteiger partial charge in [0.2, 0.25) is 0 Å². The van der Waals surface area contributed by atoms with Crippen LogP contribution in [0, 0.1) is 5.92 Å². The Morgan fingerprint density at radius 3 is 2.38 bits per heavy atom. The van der Waals surface area contributed by atoms with E-state index in [1.54, 1.807) is 36.4 Å². The first-order valence-electron chi connectivity index (χ1n) is 13.7. The van der Waals surface area contributed by atoms with Crippen LogP contribution in [0.25, 0.3) is 10.8 Å². The summed E-state index contributed by atoms with van der Waals surface area (Å²) in [6.45, 7) is 2.53. The molecule has 0 radical (unpaired) electrons. The average molecular weight is 606 g/mol. The highest BCUT2D eigenvalue weighted by molar-refractivity contribution is 7.93. The number of aliphatic carboxylic acids is 1. The fraction of sp³-hybridized carbons (Fsp3) is 0.400. The number of benzene rings is 3. The SMILES string of the molecule is CCCCC(C(=O)O)N(c1ccc2c(C(=O)NCC3CCCCC3)cccc2c1)S(=O)(=O)c1cc(Cl)cc(Cl)c1. The van der Waals surface area contributed by atoms with E-state index in [0.717, 1.165) is 17.1 Å². The average Bonchev–Trinajstić information content (AvgIpc) is 2.93. The molecule has 1 unspecified atom stereocenters. The number of sulfonamides is 1. The second-order valence-electron chi connectivity index (χ2n) is 10.3. The molecule has 1 fully saturated rings. The molecule has 2 N–H and O–H groups in total. The summed E-state index contributed by atoms with van der Waals surface area (Å²) in [5.41, 5.74) is 0.656. The zero-order valence-electron chi connectivity index (χ0n) is 22.4. The van der Waals surface area contributed by atoms with Crippen LogP contribution in [0.1, 0.15) is 68.6 Å². The van der Waals surface area contributed by atoms with Crippen LogP contribution in [0.3, 0.4) is 0 Å². The third-order valence-corrected chi connectivity index (χ3v) is 9.68. The molecule has 1 amide bonds. The van der Waals surface area contributed by atoms with Gasteiger partial charge in [0.1, 0.15) is 6.04 Å². The van der Waals surface area contributed by atoms with Crippen LogP contribution < -0.4 is 9.62 Å². The number of nitrogens with zero attached hydrogens (tertiary/aromatic N) is 1. The topological polar surface area (TPSA) is 104 Å². The molecule has 0 bridgehead atoms. The van der Waals surface area contributed by atoms with Gasteiger partial charge in [-0.15, -0.1) is 0 Å². The number of carboxylic acids is 1. The molecular formula is C30H34Cl2N2O5S. The van der Waals surface area contributed by atoms with Gasteiger partial charge >= 0.3 is 5.97 Å². The van der Waals surface area contributed by atoms with Crippen molar-refractivity contribution >= 4 is 61.6 Å². The molecule has 1 atom stereocenters. The minimum Gasteiger partial charge on any atom is -0.480 e. The molecule has 3 aromatic rings. The van der Waals surface area contributed by atoms with Crippen molar-refractivity contribution in [3.8, 4) is 0 Å². The molecule has 0 heterocycles. The molecule has 3 aromatic carbocycles. The number of halogens is 2. The van der Waals surface area contributed by atoms with E-state index in [-0.39, 0.29) is 33.0 Å². The van der Waals surface area contributed by atoms with E-state index in [1.165, 1.54) is 37.5 Å². The molecule has 0 aliphatic heterocycles. The highest BCUT2D eigenvalue weighted by Crippen LogP contribution is 2.34. The number of amides is 1. The van der Waals surface area contributed by atoms with E-state index in [9.17, 15) is 23.1 Å². The third kappa shape index (κ3) is 6.90. The quantitative estimate of drug-likeness (QED) is 0.239. The second kappa shape index (κ2) is 13.2. The van der Waals surface area contributed by atoms with E-state index in [1.807, 2.05) is 6.92 Å². The minimum atomic E-state index is -4.39. The summed E-state index contributed by atoms with van der Waals surface area (Å²) in [6.07, 6.45) is 7.17. The van der Waals surface area contributed by atoms with Crippen molar-refractivity contribution in [2.75, 3.05) is 10.8 Å². The van der Waals surface area contributed by atoms with Gasteiger partial charge in [-0.25, -0.2) is 13.2 Å². The van der Waals surface area contributed by atoms with Crippen molar-refractivity contribution in [2.24, 2.45) is 5.92 Å². The first-order chi connectivity index (χ1) is 19.1. The highest BCUT2D eigenvalue weighted by Gasteiger charge is 2.36. The molecule has 7 nitrogen and oxygen atoms in total. The monoisotopic (exact) mass is 604 g/mol. The summed E-state index contributed by atoms with van der Waals surface area (Å²) in [6, 6.07) is 12.6. The Kier molecular flexibility index (Phi) is 9.98. The Labute approximate surface area is 245 Å². The molecule has 10 heteroatoms. The Morgan fingerprint density at radius 2 is 1.73 bits per heavy atom. The number of hydrogen-bond acceptors (Lipinski definition) is 4. The van der Waals surface area contributed by atoms with E-state index < -0.39 is 22.0 Å². The lowest BCUT2D eigenvalue weighted by Crippen LogP contribution is -2.45. The van der Waals surface area contributed by atoms with Crippen LogP contribution in [0.15, 0.2) is 59.5 Å². The summed E-state index contributed by atoms with van der Waals surface area (Å²) in [7, 11) is -4.39. The number of carbonyl (C=O) groups excluding carboxylic acids is 1. The summed E-state index contributed by atoms with van der Waals surface area (Å²) >= 11 is 12.2. The Hall–Kier alpha value is -2.81. The number of rotatable bonds is 11. The number of carboxylic acid groups (broad SMARTS) is 1. The van der Waals surface area contributed by atoms with Crippen LogP contribution in [-0.4, -0.2) is 38.0 Å². The number of carbonyl (C=O) groups is 2. The standard InChI is InChI=1S/C30H34Cl2N2O5S/c1-2-3-12-28(30(36)37)34(40(38,39)25-17-22(31)16-23(32)18-25)24-13-14-26-21(15-24)10-7-11-27(26)29(35)33-19-20-8-5-4-6-9-20/h7,10-11,13-18,20,28H,2-6,8-9,12,19H2,1H3,(H,33,35)(H,36,37). The zero-order chi connectivity index (χ0) is 28.9. The maximum Gasteiger partial charge on any atom is 0.327 e. The first-order valence-corrected chi connectivity index (χ1v) is 15.9. The van der Waals surface area contributed by atoms with Crippen molar-refractivity contribution in [1.29, 1.82) is 0 Å². The first kappa shape index (κ1) is 30.2. The molecule has 0 spiro atoms. The molecular weight excluding hydrogens is 571 g/mol. The van der Waals surface area contributed by atoms with Crippen molar-refractivity contribution in [1.82, 2.24) is 5.32 Å². The fourth-order valence-electron chi connectivity index (χ4n) is 5.35. The van der Waals surface area contributed by atoms with E-state index in [0.29, 0.717) is 41.6 Å². The second-order valence-corrected chi connectivity index (χ2v) is 13.0. The van der Waals surface area contributed by atoms with E-state index in [2.05, 4.69) is 5.32 Å². The maximum absolute atomic E-state index is 14.0. The summed E-state index contributed by atoms with van der Waals surface area (Å²) in [5, 5.41) is 14.7. The predicted molar refractivity (Wildman–Crippen MR) is 160 cm³/mol. The molecule has 1 saturated carbocycles. The molecule has 0 aromatic heterocycles. The van der Waals surface area contributed by atoms with Gasteiger partial charge < -0.3 is 10.4 Å². The van der Waals surface area contributed by atoms with Crippen molar-refractivity contribution in [2.45, 2.75) is 69.2 Å². The number of anilines is 1. The molecule has 4 rings (SSSR count). The van der Waals surface area contributed by atoms with Crippen molar-refractivity contribution in [3.63, 3.8) is 0 Å². The Bertz CT molecular complexity index is 1470. The summed E-state index contributed by atoms with van der Waals surface area (Å²) in [5.74, 6) is -0.969. The number of unbranched alkanes of at least 4 members (excludes halogenated alkanes) is 1. The van der Waals surface area contributed by atoms with Crippen molar-refractivity contribution < 1.29 is 23.1 Å². The lowest BCUT2D eigenvalue weighted by Gasteiger charge is -2.30. The number of nitrogens with one attached hydrogen (secondary N) is 1. The minimum absolute atomic E-state index is 0.112. The van der Waals surface area contributed by atoms with Crippen LogP contribution >= 0.6 is 23.2 Å². The lowest BCUT2D eigenvalue weighted by atomic mass is 9.89. The fourth-order valence-corrected chi connectivity index (χ4v) is 7.70. The van der Waals surface area contributed by atoms with Gasteiger partial charge in [-0.3, -0.25) is 9.10 Å². The summed E-state index contributed by atoms with van der Waals surface area (Å²) in [4.78, 5) is 25.3. The normalized spacial score (nSPS) is 15.1. The molecule has 0 saturated heterocycles. The van der Waals surface area contributed by atoms with Gasteiger partial charge in [0.25, 0.3) is 15.9 Å². The van der Waals surface area contributed by atoms with E-state index >= 15 is 0 Å². The predicted octanol–water partition coefficient (Wildman–Crippen LogP) is 7.30. The van der Waals surface area contributed by atoms with Gasteiger partial charge in [0.15, 0.2) is 0 Å². The maximum atomic E-state index is 14.0. The number of fused-ring (bicyclic) bond motifs is 1. The van der Waals surface area contributed by atoms with Gasteiger partial charge in [-0.2, -0.15) is 0 Å². The molecule has 40 heavy (non-hydrogen) atoms. The third-order valence-electron chi connectivity index (χ3n) is 7.43. The Balaban J connectivity index is 1.75. The Morgan fingerprint density at radius 1 is 1.02 bits per heavy atom. The smallest absolute Gasteiger partial charge is 0.327 e. The van der Waals surface area contributed by atoms with Crippen LogP contribution in [-0.2, 0) is 14.8 Å². The largest absolute Gasteiger partial charge is 0.480 e. The van der Waals surface area contributed by atoms with Gasteiger partial charge in [-0.05, 0) is 72.4 Å². The van der Waals surface area contributed by atoms with Gasteiger partial charge in [0, 0.05) is 22.2 Å². The van der Waals surface area contributed by atoms with E-state index in [4.69, 9.17) is 23.2 Å². The zero-order valence-corrected chi connectivity index (χ0v) is 24.7. The van der Waals surface area contributed by atoms with Crippen LogP contribution in [0.4, 0.5) is 5.69 Å². The van der Waals surface area contributed by atoms with Crippen LogP contribution in [0.2, 0.25) is 10.0 Å². The van der Waals surface area contributed by atoms with Gasteiger partial charge in [0.05, 0.1) is 10.6 Å². The number of hydrogen-bond donors (Lipinski definition) is 2. The highest BCUT2D eigenvalue weighted by atomic mass is 35.5. The molecule has 214 valence electrons. The molecule has 1 aliphatic carbocycles. The summed E-state index contributed by atoms with van der Waals surface area (Å²) < 4.78 is 28.9. The van der Waals surface area contributed by atoms with Gasteiger partial charge in [-0.1, -0.05) is 80.4 Å². The molecule has 1 aliphatic rings. The van der Waals surface area contributed by atoms with Crippen molar-refractivity contribution in [3.05, 3.63) is 70.2 Å². The lowest BCUT2D eigenvalue weighted by molar-refractivity contribution is -0.138.